The van der Waals surface area contributed by atoms with Crippen molar-refractivity contribution < 1.29 is 0 Å². The van der Waals surface area contributed by atoms with Crippen LogP contribution in [0, 0.1) is 11.8 Å². The fraction of sp³-hybridized carbons (Fsp3) is 0.867. The molecule has 3 atom stereocenters. The van der Waals surface area contributed by atoms with Gasteiger partial charge in [0.2, 0.25) is 0 Å². The molecule has 0 spiro atoms. The normalized spacial score (nSPS) is 35.1. The van der Waals surface area contributed by atoms with Crippen LogP contribution in [0.5, 0.6) is 0 Å². The van der Waals surface area contributed by atoms with Gasteiger partial charge in [-0.05, 0) is 63.3 Å². The predicted molar refractivity (Wildman–Crippen MR) is 70.5 cm³/mol. The molecule has 0 saturated heterocycles. The molecule has 16 heavy (non-hydrogen) atoms. The second kappa shape index (κ2) is 5.86. The highest BCUT2D eigenvalue weighted by atomic mass is 14.9. The Hall–Kier alpha value is -0.300. The molecule has 0 aromatic heterocycles. The van der Waals surface area contributed by atoms with E-state index in [-0.39, 0.29) is 0 Å². The standard InChI is InChI=1S/C15H27N/c1-12-7-8-15(11-13(12)2)16-10-9-14-5-3-4-6-14/h5,12-13,15-16H,3-4,6-11H2,1-2H3. The van der Waals surface area contributed by atoms with Gasteiger partial charge in [-0.25, -0.2) is 0 Å². The van der Waals surface area contributed by atoms with Gasteiger partial charge < -0.3 is 5.32 Å². The van der Waals surface area contributed by atoms with Crippen LogP contribution in [-0.2, 0) is 0 Å². The van der Waals surface area contributed by atoms with Crippen LogP contribution < -0.4 is 5.32 Å². The number of rotatable bonds is 4. The number of hydrogen-bond acceptors (Lipinski definition) is 1. The van der Waals surface area contributed by atoms with Crippen LogP contribution in [-0.4, -0.2) is 12.6 Å². The Morgan fingerprint density at radius 3 is 2.81 bits per heavy atom. The SMILES string of the molecule is CC1CCC(NCCC2=CCCC2)CC1C. The number of hydrogen-bond donors (Lipinski definition) is 1. The highest BCUT2D eigenvalue weighted by molar-refractivity contribution is 5.07. The van der Waals surface area contributed by atoms with Crippen molar-refractivity contribution in [2.45, 2.75) is 64.8 Å². The minimum absolute atomic E-state index is 0.799. The molecule has 0 aliphatic heterocycles. The van der Waals surface area contributed by atoms with Crippen LogP contribution >= 0.6 is 0 Å². The van der Waals surface area contributed by atoms with E-state index in [2.05, 4.69) is 25.2 Å². The predicted octanol–water partition coefficient (Wildman–Crippen LogP) is 3.90. The van der Waals surface area contributed by atoms with Crippen LogP contribution in [0.2, 0.25) is 0 Å². The quantitative estimate of drug-likeness (QED) is 0.710. The molecule has 1 saturated carbocycles. The van der Waals surface area contributed by atoms with Crippen molar-refractivity contribution in [1.82, 2.24) is 5.32 Å². The number of nitrogens with one attached hydrogen (secondary N) is 1. The molecule has 0 heterocycles. The van der Waals surface area contributed by atoms with E-state index in [0.29, 0.717) is 0 Å². The molecule has 1 nitrogen and oxygen atoms in total. The summed E-state index contributed by atoms with van der Waals surface area (Å²) in [4.78, 5) is 0. The third-order valence-corrected chi connectivity index (χ3v) is 4.61. The molecule has 3 unspecified atom stereocenters. The molecule has 1 N–H and O–H groups in total. The van der Waals surface area contributed by atoms with E-state index in [1.54, 1.807) is 5.57 Å². The molecule has 2 rings (SSSR count). The van der Waals surface area contributed by atoms with E-state index in [9.17, 15) is 0 Å². The average Bonchev–Trinajstić information content (AvgIpc) is 2.76. The summed E-state index contributed by atoms with van der Waals surface area (Å²) < 4.78 is 0. The molecular weight excluding hydrogens is 194 g/mol. The Balaban J connectivity index is 1.62. The van der Waals surface area contributed by atoms with Gasteiger partial charge in [-0.2, -0.15) is 0 Å². The summed E-state index contributed by atoms with van der Waals surface area (Å²) in [7, 11) is 0. The molecule has 92 valence electrons. The lowest BCUT2D eigenvalue weighted by Crippen LogP contribution is -2.36. The zero-order valence-corrected chi connectivity index (χ0v) is 11.0. The van der Waals surface area contributed by atoms with Gasteiger partial charge in [0.1, 0.15) is 0 Å². The van der Waals surface area contributed by atoms with Crippen molar-refractivity contribution in [3.63, 3.8) is 0 Å². The zero-order chi connectivity index (χ0) is 11.4. The Morgan fingerprint density at radius 1 is 1.25 bits per heavy atom. The van der Waals surface area contributed by atoms with Crippen LogP contribution in [0.25, 0.3) is 0 Å². The summed E-state index contributed by atoms with van der Waals surface area (Å²) in [5.41, 5.74) is 1.70. The van der Waals surface area contributed by atoms with Gasteiger partial charge in [0.25, 0.3) is 0 Å². The summed E-state index contributed by atoms with van der Waals surface area (Å²) >= 11 is 0. The van der Waals surface area contributed by atoms with Crippen LogP contribution in [0.3, 0.4) is 0 Å². The van der Waals surface area contributed by atoms with Gasteiger partial charge in [0.15, 0.2) is 0 Å². The lowest BCUT2D eigenvalue weighted by atomic mass is 9.79. The largest absolute Gasteiger partial charge is 0.314 e. The van der Waals surface area contributed by atoms with Crippen molar-refractivity contribution >= 4 is 0 Å². The summed E-state index contributed by atoms with van der Waals surface area (Å²) in [6, 6.07) is 0.799. The third kappa shape index (κ3) is 3.35. The molecule has 0 amide bonds. The second-order valence-electron chi connectivity index (χ2n) is 5.92. The van der Waals surface area contributed by atoms with Crippen LogP contribution in [0.1, 0.15) is 58.8 Å². The molecule has 0 aromatic carbocycles. The summed E-state index contributed by atoms with van der Waals surface area (Å²) in [6.07, 6.45) is 12.0. The Morgan fingerprint density at radius 2 is 2.12 bits per heavy atom. The lowest BCUT2D eigenvalue weighted by Gasteiger charge is -2.32. The molecule has 2 aliphatic carbocycles. The van der Waals surface area contributed by atoms with Gasteiger partial charge in [0, 0.05) is 6.04 Å². The first-order valence-electron chi connectivity index (χ1n) is 7.17. The molecule has 1 heteroatoms. The monoisotopic (exact) mass is 221 g/mol. The van der Waals surface area contributed by atoms with Gasteiger partial charge in [-0.1, -0.05) is 25.5 Å². The highest BCUT2D eigenvalue weighted by Gasteiger charge is 2.23. The Labute approximate surface area is 101 Å². The smallest absolute Gasteiger partial charge is 0.00699 e. The first kappa shape index (κ1) is 12.2. The molecular formula is C15H27N. The average molecular weight is 221 g/mol. The third-order valence-electron chi connectivity index (χ3n) is 4.61. The fourth-order valence-electron chi connectivity index (χ4n) is 3.13. The molecule has 0 radical (unpaired) electrons. The zero-order valence-electron chi connectivity index (χ0n) is 11.0. The van der Waals surface area contributed by atoms with E-state index in [1.807, 2.05) is 0 Å². The van der Waals surface area contributed by atoms with E-state index < -0.39 is 0 Å². The van der Waals surface area contributed by atoms with E-state index >= 15 is 0 Å². The van der Waals surface area contributed by atoms with Crippen molar-refractivity contribution in [3.8, 4) is 0 Å². The van der Waals surface area contributed by atoms with Gasteiger partial charge >= 0.3 is 0 Å². The molecule has 0 aromatic rings. The highest BCUT2D eigenvalue weighted by Crippen LogP contribution is 2.29. The summed E-state index contributed by atoms with van der Waals surface area (Å²) in [5.74, 6) is 1.85. The molecule has 1 fully saturated rings. The lowest BCUT2D eigenvalue weighted by molar-refractivity contribution is 0.227. The Bertz CT molecular complexity index is 244. The molecule has 2 aliphatic rings. The number of allylic oxidation sites excluding steroid dienone is 1. The van der Waals surface area contributed by atoms with Crippen molar-refractivity contribution in [1.29, 1.82) is 0 Å². The van der Waals surface area contributed by atoms with Crippen molar-refractivity contribution in [2.24, 2.45) is 11.8 Å². The maximum absolute atomic E-state index is 3.76. The fourth-order valence-corrected chi connectivity index (χ4v) is 3.13. The minimum Gasteiger partial charge on any atom is -0.314 e. The molecule has 0 bridgehead atoms. The second-order valence-corrected chi connectivity index (χ2v) is 5.92. The maximum atomic E-state index is 3.76. The van der Waals surface area contributed by atoms with Gasteiger partial charge in [0.05, 0.1) is 0 Å². The summed E-state index contributed by atoms with van der Waals surface area (Å²) in [6.45, 7) is 6.03. The van der Waals surface area contributed by atoms with Crippen LogP contribution in [0.4, 0.5) is 0 Å². The minimum atomic E-state index is 0.799. The first-order chi connectivity index (χ1) is 7.75. The first-order valence-corrected chi connectivity index (χ1v) is 7.17. The van der Waals surface area contributed by atoms with Gasteiger partial charge in [-0.15, -0.1) is 0 Å². The van der Waals surface area contributed by atoms with Gasteiger partial charge in [-0.3, -0.25) is 0 Å². The Kier molecular flexibility index (Phi) is 4.45. The van der Waals surface area contributed by atoms with E-state index in [1.165, 1.54) is 51.5 Å². The van der Waals surface area contributed by atoms with Crippen molar-refractivity contribution in [2.75, 3.05) is 6.54 Å². The van der Waals surface area contributed by atoms with Crippen LogP contribution in [0.15, 0.2) is 11.6 Å². The summed E-state index contributed by atoms with van der Waals surface area (Å²) in [5, 5.41) is 3.76. The topological polar surface area (TPSA) is 12.0 Å². The van der Waals surface area contributed by atoms with E-state index in [0.717, 1.165) is 17.9 Å². The van der Waals surface area contributed by atoms with Crippen molar-refractivity contribution in [3.05, 3.63) is 11.6 Å². The van der Waals surface area contributed by atoms with E-state index in [4.69, 9.17) is 0 Å². The maximum Gasteiger partial charge on any atom is 0.00699 e.